The van der Waals surface area contributed by atoms with Crippen molar-refractivity contribution >= 4 is 5.91 Å². The number of hydrogen-bond acceptors (Lipinski definition) is 6. The van der Waals surface area contributed by atoms with Crippen LogP contribution in [0.15, 0.2) is 53.1 Å². The van der Waals surface area contributed by atoms with E-state index in [-0.39, 0.29) is 12.5 Å². The van der Waals surface area contributed by atoms with Gasteiger partial charge in [0, 0.05) is 5.56 Å². The second-order valence-corrected chi connectivity index (χ2v) is 5.13. The van der Waals surface area contributed by atoms with Gasteiger partial charge >= 0.3 is 0 Å². The van der Waals surface area contributed by atoms with Crippen molar-refractivity contribution in [3.05, 3.63) is 59.9 Å². The summed E-state index contributed by atoms with van der Waals surface area (Å²) in [6.07, 6.45) is 0. The van der Waals surface area contributed by atoms with Crippen molar-refractivity contribution in [1.29, 1.82) is 0 Å². The van der Waals surface area contributed by atoms with Crippen LogP contribution in [-0.4, -0.2) is 30.3 Å². The Balaban J connectivity index is 1.70. The highest BCUT2D eigenvalue weighted by Crippen LogP contribution is 2.24. The Morgan fingerprint density at radius 2 is 1.92 bits per heavy atom. The van der Waals surface area contributed by atoms with Crippen LogP contribution in [0.25, 0.3) is 11.5 Å². The number of aromatic nitrogens is 2. The molecular formula is C18H17N3O4. The van der Waals surface area contributed by atoms with E-state index in [1.807, 2.05) is 30.3 Å². The molecule has 1 N–H and O–H groups in total. The minimum atomic E-state index is -0.318. The number of nitrogens with zero attached hydrogens (tertiary/aromatic N) is 2. The van der Waals surface area contributed by atoms with E-state index in [1.165, 1.54) is 14.2 Å². The molecule has 7 nitrogen and oxygen atoms in total. The first-order valence-electron chi connectivity index (χ1n) is 7.59. The molecule has 1 aromatic heterocycles. The third kappa shape index (κ3) is 3.77. The maximum Gasteiger partial charge on any atom is 0.257 e. The maximum absolute atomic E-state index is 12.4. The van der Waals surface area contributed by atoms with E-state index in [0.29, 0.717) is 28.8 Å². The molecular weight excluding hydrogens is 322 g/mol. The molecule has 0 saturated heterocycles. The fraction of sp³-hybridized carbons (Fsp3) is 0.167. The van der Waals surface area contributed by atoms with Crippen molar-refractivity contribution in [1.82, 2.24) is 15.5 Å². The zero-order valence-electron chi connectivity index (χ0n) is 13.9. The van der Waals surface area contributed by atoms with Gasteiger partial charge in [-0.2, -0.15) is 4.98 Å². The summed E-state index contributed by atoms with van der Waals surface area (Å²) in [6, 6.07) is 14.4. The monoisotopic (exact) mass is 339 g/mol. The second-order valence-electron chi connectivity index (χ2n) is 5.13. The normalized spacial score (nSPS) is 10.3. The van der Waals surface area contributed by atoms with Crippen LogP contribution in [0.3, 0.4) is 0 Å². The number of carbonyl (C=O) groups excluding carboxylic acids is 1. The van der Waals surface area contributed by atoms with Crippen LogP contribution in [0.4, 0.5) is 0 Å². The lowest BCUT2D eigenvalue weighted by Crippen LogP contribution is -2.24. The van der Waals surface area contributed by atoms with Gasteiger partial charge in [-0.05, 0) is 30.3 Å². The molecule has 0 aliphatic carbocycles. The minimum absolute atomic E-state index is 0.134. The summed E-state index contributed by atoms with van der Waals surface area (Å²) in [4.78, 5) is 16.7. The molecule has 128 valence electrons. The highest BCUT2D eigenvalue weighted by atomic mass is 16.5. The fourth-order valence-corrected chi connectivity index (χ4v) is 2.27. The van der Waals surface area contributed by atoms with Gasteiger partial charge in [0.1, 0.15) is 11.5 Å². The molecule has 0 bridgehead atoms. The molecule has 0 aliphatic heterocycles. The Kier molecular flexibility index (Phi) is 4.94. The number of rotatable bonds is 6. The topological polar surface area (TPSA) is 86.5 Å². The van der Waals surface area contributed by atoms with Gasteiger partial charge in [-0.15, -0.1) is 0 Å². The van der Waals surface area contributed by atoms with E-state index in [1.54, 1.807) is 18.2 Å². The third-order valence-corrected chi connectivity index (χ3v) is 3.55. The summed E-state index contributed by atoms with van der Waals surface area (Å²) in [5.41, 5.74) is 1.19. The summed E-state index contributed by atoms with van der Waals surface area (Å²) in [5.74, 6) is 1.49. The summed E-state index contributed by atoms with van der Waals surface area (Å²) >= 11 is 0. The van der Waals surface area contributed by atoms with Crippen LogP contribution in [0, 0.1) is 0 Å². The fourth-order valence-electron chi connectivity index (χ4n) is 2.27. The molecule has 1 amide bonds. The maximum atomic E-state index is 12.4. The number of amides is 1. The highest BCUT2D eigenvalue weighted by molar-refractivity contribution is 5.97. The second kappa shape index (κ2) is 7.48. The van der Waals surface area contributed by atoms with Crippen LogP contribution in [0.1, 0.15) is 16.2 Å². The molecule has 3 rings (SSSR count). The van der Waals surface area contributed by atoms with Crippen molar-refractivity contribution in [2.24, 2.45) is 0 Å². The van der Waals surface area contributed by atoms with E-state index in [0.717, 1.165) is 5.56 Å². The molecule has 1 heterocycles. The SMILES string of the molecule is COc1ccc(OC)c(C(=O)NCc2noc(-c3ccccc3)n2)c1. The van der Waals surface area contributed by atoms with Gasteiger partial charge < -0.3 is 19.3 Å². The molecule has 0 atom stereocenters. The van der Waals surface area contributed by atoms with Crippen LogP contribution in [-0.2, 0) is 6.54 Å². The molecule has 0 unspecified atom stereocenters. The van der Waals surface area contributed by atoms with Crippen LogP contribution >= 0.6 is 0 Å². The molecule has 2 aromatic carbocycles. The minimum Gasteiger partial charge on any atom is -0.497 e. The lowest BCUT2D eigenvalue weighted by molar-refractivity contribution is 0.0946. The van der Waals surface area contributed by atoms with Gasteiger partial charge in [0.15, 0.2) is 5.82 Å². The Morgan fingerprint density at radius 3 is 2.64 bits per heavy atom. The number of hydrogen-bond donors (Lipinski definition) is 1. The predicted octanol–water partition coefficient (Wildman–Crippen LogP) is 2.68. The number of methoxy groups -OCH3 is 2. The first kappa shape index (κ1) is 16.5. The van der Waals surface area contributed by atoms with E-state index in [9.17, 15) is 4.79 Å². The largest absolute Gasteiger partial charge is 0.497 e. The zero-order valence-corrected chi connectivity index (χ0v) is 13.9. The van der Waals surface area contributed by atoms with Crippen molar-refractivity contribution in [2.45, 2.75) is 6.54 Å². The summed E-state index contributed by atoms with van der Waals surface area (Å²) in [5, 5.41) is 6.62. The Morgan fingerprint density at radius 1 is 1.12 bits per heavy atom. The predicted molar refractivity (Wildman–Crippen MR) is 90.5 cm³/mol. The van der Waals surface area contributed by atoms with Crippen molar-refractivity contribution < 1.29 is 18.8 Å². The Bertz CT molecular complexity index is 862. The number of benzene rings is 2. The van der Waals surface area contributed by atoms with Crippen LogP contribution in [0.2, 0.25) is 0 Å². The van der Waals surface area contributed by atoms with Gasteiger partial charge in [-0.25, -0.2) is 0 Å². The number of carbonyl (C=O) groups is 1. The molecule has 0 spiro atoms. The average Bonchev–Trinajstić information content (AvgIpc) is 3.15. The van der Waals surface area contributed by atoms with Crippen molar-refractivity contribution in [2.75, 3.05) is 14.2 Å². The lowest BCUT2D eigenvalue weighted by Gasteiger charge is -2.10. The molecule has 0 saturated carbocycles. The zero-order chi connectivity index (χ0) is 17.6. The van der Waals surface area contributed by atoms with Gasteiger partial charge in [0.05, 0.1) is 26.3 Å². The Hall–Kier alpha value is -3.35. The van der Waals surface area contributed by atoms with E-state index >= 15 is 0 Å². The van der Waals surface area contributed by atoms with Gasteiger partial charge in [-0.3, -0.25) is 4.79 Å². The number of ether oxygens (including phenoxy) is 2. The van der Waals surface area contributed by atoms with E-state index in [4.69, 9.17) is 14.0 Å². The molecule has 0 aliphatic rings. The molecule has 0 radical (unpaired) electrons. The first-order chi connectivity index (χ1) is 12.2. The van der Waals surface area contributed by atoms with Crippen LogP contribution in [0.5, 0.6) is 11.5 Å². The van der Waals surface area contributed by atoms with Gasteiger partial charge in [0.2, 0.25) is 0 Å². The molecule has 7 heteroatoms. The Labute approximate surface area is 144 Å². The number of nitrogens with one attached hydrogen (secondary N) is 1. The quantitative estimate of drug-likeness (QED) is 0.743. The standard InChI is InChI=1S/C18H17N3O4/c1-23-13-8-9-15(24-2)14(10-13)17(22)19-11-16-20-18(25-21-16)12-6-4-3-5-7-12/h3-10H,11H2,1-2H3,(H,19,22). The van der Waals surface area contributed by atoms with Gasteiger partial charge in [0.25, 0.3) is 11.8 Å². The summed E-state index contributed by atoms with van der Waals surface area (Å²) < 4.78 is 15.6. The van der Waals surface area contributed by atoms with Crippen molar-refractivity contribution in [3.63, 3.8) is 0 Å². The average molecular weight is 339 g/mol. The molecule has 3 aromatic rings. The van der Waals surface area contributed by atoms with E-state index < -0.39 is 0 Å². The van der Waals surface area contributed by atoms with Crippen molar-refractivity contribution in [3.8, 4) is 23.0 Å². The first-order valence-corrected chi connectivity index (χ1v) is 7.59. The van der Waals surface area contributed by atoms with E-state index in [2.05, 4.69) is 15.5 Å². The summed E-state index contributed by atoms with van der Waals surface area (Å²) in [7, 11) is 3.04. The molecule has 0 fully saturated rings. The third-order valence-electron chi connectivity index (χ3n) is 3.55. The lowest BCUT2D eigenvalue weighted by atomic mass is 10.1. The van der Waals surface area contributed by atoms with Crippen LogP contribution < -0.4 is 14.8 Å². The summed E-state index contributed by atoms with van der Waals surface area (Å²) in [6.45, 7) is 0.134. The highest BCUT2D eigenvalue weighted by Gasteiger charge is 2.15. The molecule has 25 heavy (non-hydrogen) atoms. The van der Waals surface area contributed by atoms with Gasteiger partial charge in [-0.1, -0.05) is 23.4 Å². The smallest absolute Gasteiger partial charge is 0.257 e.